The number of carbonyl (C=O) groups excluding carboxylic acids is 3. The van der Waals surface area contributed by atoms with Crippen LogP contribution >= 0.6 is 11.5 Å². The van der Waals surface area contributed by atoms with Crippen molar-refractivity contribution in [1.82, 2.24) is 19.3 Å². The van der Waals surface area contributed by atoms with Crippen molar-refractivity contribution in [3.63, 3.8) is 0 Å². The van der Waals surface area contributed by atoms with Gasteiger partial charge in [0.1, 0.15) is 6.04 Å². The second-order valence-electron chi connectivity index (χ2n) is 6.16. The summed E-state index contributed by atoms with van der Waals surface area (Å²) in [6, 6.07) is 7.39. The van der Waals surface area contributed by atoms with Crippen molar-refractivity contribution in [3.05, 3.63) is 46.8 Å². The van der Waals surface area contributed by atoms with Crippen LogP contribution in [0.1, 0.15) is 16.5 Å². The number of hydrogen-bond acceptors (Lipinski definition) is 8. The van der Waals surface area contributed by atoms with E-state index in [4.69, 9.17) is 0 Å². The molecule has 1 unspecified atom stereocenters. The molecule has 1 aromatic heterocycles. The van der Waals surface area contributed by atoms with Gasteiger partial charge in [-0.25, -0.2) is 14.2 Å². The summed E-state index contributed by atoms with van der Waals surface area (Å²) in [6.45, 7) is 1.50. The molecule has 0 radical (unpaired) electrons. The number of urea groups is 1. The van der Waals surface area contributed by atoms with Crippen molar-refractivity contribution in [3.8, 4) is 0 Å². The second kappa shape index (κ2) is 8.14. The average Bonchev–Trinajstić information content (AvgIpc) is 3.07. The van der Waals surface area contributed by atoms with E-state index in [9.17, 15) is 27.9 Å². The monoisotopic (exact) mass is 439 g/mol. The van der Waals surface area contributed by atoms with E-state index in [1.807, 2.05) is 0 Å². The molecule has 2 atom stereocenters. The van der Waals surface area contributed by atoms with Crippen molar-refractivity contribution < 1.29 is 27.9 Å². The van der Waals surface area contributed by atoms with Crippen molar-refractivity contribution in [2.24, 2.45) is 0 Å². The molecule has 1 saturated heterocycles. The third-order valence-electron chi connectivity index (χ3n) is 3.94. The van der Waals surface area contributed by atoms with Crippen LogP contribution in [0.3, 0.4) is 0 Å². The molecule has 1 aliphatic heterocycles. The molecule has 13 heteroatoms. The lowest BCUT2D eigenvalue weighted by atomic mass is 10.1. The highest BCUT2D eigenvalue weighted by Gasteiger charge is 2.43. The Kier molecular flexibility index (Phi) is 5.81. The van der Waals surface area contributed by atoms with Crippen LogP contribution in [0.2, 0.25) is 0 Å². The molecule has 0 saturated carbocycles. The summed E-state index contributed by atoms with van der Waals surface area (Å²) in [4.78, 5) is 37.6. The van der Waals surface area contributed by atoms with Gasteiger partial charge in [0.05, 0.1) is 6.54 Å². The van der Waals surface area contributed by atoms with Crippen LogP contribution in [-0.4, -0.2) is 53.2 Å². The van der Waals surface area contributed by atoms with Crippen molar-refractivity contribution in [2.75, 3.05) is 11.3 Å². The molecule has 1 fully saturated rings. The maximum atomic E-state index is 12.1. The van der Waals surface area contributed by atoms with Gasteiger partial charge in [-0.05, 0) is 30.1 Å². The third-order valence-corrected chi connectivity index (χ3v) is 5.56. The minimum atomic E-state index is -4.28. The molecule has 4 N–H and O–H groups in total. The minimum absolute atomic E-state index is 0.0442. The number of amides is 4. The number of nitrogens with zero attached hydrogens (tertiary/aromatic N) is 2. The number of carbonyl (C=O) groups is 3. The Bertz CT molecular complexity index is 1040. The van der Waals surface area contributed by atoms with Crippen LogP contribution in [0.15, 0.2) is 36.4 Å². The first-order chi connectivity index (χ1) is 13.7. The largest absolute Gasteiger partial charge is 0.378 e. The Morgan fingerprint density at radius 1 is 1.31 bits per heavy atom. The lowest BCUT2D eigenvalue weighted by Crippen LogP contribution is -2.67. The third kappa shape index (κ3) is 4.88. The zero-order valence-corrected chi connectivity index (χ0v) is 16.7. The zero-order chi connectivity index (χ0) is 21.2. The van der Waals surface area contributed by atoms with Crippen LogP contribution < -0.4 is 14.8 Å². The van der Waals surface area contributed by atoms with E-state index in [1.54, 1.807) is 42.0 Å². The maximum Gasteiger partial charge on any atom is 0.339 e. The molecule has 1 aromatic carbocycles. The molecule has 0 spiro atoms. The van der Waals surface area contributed by atoms with Gasteiger partial charge in [-0.1, -0.05) is 30.3 Å². The predicted octanol–water partition coefficient (Wildman–Crippen LogP) is -0.122. The molecule has 11 nitrogen and oxygen atoms in total. The SMILES string of the molecule is Cc1cc(NS(=O)(=O)NC(=O)N2C[C@H](NC(=O)C(O)c3ccccc3)C2=O)ns1. The minimum Gasteiger partial charge on any atom is -0.378 e. The molecular weight excluding hydrogens is 422 g/mol. The summed E-state index contributed by atoms with van der Waals surface area (Å²) in [5.74, 6) is -1.55. The zero-order valence-electron chi connectivity index (χ0n) is 15.0. The lowest BCUT2D eigenvalue weighted by molar-refractivity contribution is -0.144. The Balaban J connectivity index is 1.52. The van der Waals surface area contributed by atoms with E-state index >= 15 is 0 Å². The fraction of sp³-hybridized carbons (Fsp3) is 0.250. The van der Waals surface area contributed by atoms with Gasteiger partial charge >= 0.3 is 16.2 Å². The second-order valence-corrected chi connectivity index (χ2v) is 8.58. The Hall–Kier alpha value is -3.03. The number of likely N-dealkylation sites (tertiary alicyclic amines) is 1. The number of anilines is 1. The smallest absolute Gasteiger partial charge is 0.339 e. The number of β-lactam (4-membered cyclic amide) rings is 1. The lowest BCUT2D eigenvalue weighted by Gasteiger charge is -2.36. The number of imide groups is 1. The Morgan fingerprint density at radius 2 is 2.00 bits per heavy atom. The standard InChI is InChI=1S/C16H17N5O6S2/c1-9-7-12(18-28-9)19-29(26,27)20-16(25)21-8-11(15(21)24)17-14(23)13(22)10-5-3-2-4-6-10/h2-7,11,13,22H,8H2,1H3,(H,17,23)(H,18,19)(H,20,25)/t11-,13?/m0/s1. The fourth-order valence-electron chi connectivity index (χ4n) is 2.50. The molecule has 0 aliphatic carbocycles. The van der Waals surface area contributed by atoms with Gasteiger partial charge in [0.15, 0.2) is 11.9 Å². The molecule has 4 amide bonds. The van der Waals surface area contributed by atoms with E-state index < -0.39 is 40.2 Å². The number of nitrogens with one attached hydrogen (secondary N) is 3. The predicted molar refractivity (Wildman–Crippen MR) is 103 cm³/mol. The highest BCUT2D eigenvalue weighted by atomic mass is 32.2. The summed E-state index contributed by atoms with van der Waals surface area (Å²) in [6.07, 6.45) is -1.47. The summed E-state index contributed by atoms with van der Waals surface area (Å²) in [7, 11) is -4.28. The Morgan fingerprint density at radius 3 is 2.59 bits per heavy atom. The normalized spacial score (nSPS) is 17.2. The molecule has 2 aromatic rings. The van der Waals surface area contributed by atoms with Gasteiger partial charge in [-0.15, -0.1) is 0 Å². The van der Waals surface area contributed by atoms with Crippen LogP contribution in [0.5, 0.6) is 0 Å². The van der Waals surface area contributed by atoms with Crippen LogP contribution in [0, 0.1) is 6.92 Å². The topological polar surface area (TPSA) is 158 Å². The maximum absolute atomic E-state index is 12.1. The van der Waals surface area contributed by atoms with Crippen LogP contribution in [0.25, 0.3) is 0 Å². The van der Waals surface area contributed by atoms with Gasteiger partial charge in [0, 0.05) is 4.88 Å². The first-order valence-electron chi connectivity index (χ1n) is 8.29. The van der Waals surface area contributed by atoms with Gasteiger partial charge < -0.3 is 10.4 Å². The Labute approximate surface area is 170 Å². The number of benzene rings is 1. The highest BCUT2D eigenvalue weighted by molar-refractivity contribution is 7.91. The fourth-order valence-corrected chi connectivity index (χ4v) is 3.84. The van der Waals surface area contributed by atoms with E-state index in [0.29, 0.717) is 10.5 Å². The molecule has 29 heavy (non-hydrogen) atoms. The highest BCUT2D eigenvalue weighted by Crippen LogP contribution is 2.17. The van der Waals surface area contributed by atoms with Crippen molar-refractivity contribution >= 4 is 45.4 Å². The summed E-state index contributed by atoms with van der Waals surface area (Å²) in [5.41, 5.74) is 0.348. The summed E-state index contributed by atoms with van der Waals surface area (Å²) in [5, 5.41) is 12.3. The van der Waals surface area contributed by atoms with Gasteiger partial charge in [-0.3, -0.25) is 14.5 Å². The number of aromatic nitrogens is 1. The quantitative estimate of drug-likeness (QED) is 0.457. The first-order valence-corrected chi connectivity index (χ1v) is 10.5. The number of aryl methyl sites for hydroxylation is 1. The van der Waals surface area contributed by atoms with Crippen LogP contribution in [0.4, 0.5) is 10.6 Å². The molecule has 1 aliphatic rings. The average molecular weight is 439 g/mol. The van der Waals surface area contributed by atoms with Gasteiger partial charge in [0.25, 0.3) is 11.8 Å². The van der Waals surface area contributed by atoms with Crippen molar-refractivity contribution in [1.29, 1.82) is 0 Å². The van der Waals surface area contributed by atoms with E-state index in [0.717, 1.165) is 16.4 Å². The number of aliphatic hydroxyl groups is 1. The van der Waals surface area contributed by atoms with Gasteiger partial charge in [0.2, 0.25) is 0 Å². The summed E-state index contributed by atoms with van der Waals surface area (Å²) < 4.78 is 31.5. The van der Waals surface area contributed by atoms with Gasteiger partial charge in [-0.2, -0.15) is 12.8 Å². The molecule has 0 bridgehead atoms. The van der Waals surface area contributed by atoms with E-state index in [1.165, 1.54) is 6.07 Å². The van der Waals surface area contributed by atoms with E-state index in [-0.39, 0.29) is 12.4 Å². The molecular formula is C16H17N5O6S2. The molecule has 3 rings (SSSR count). The molecule has 154 valence electrons. The first kappa shape index (κ1) is 20.7. The van der Waals surface area contributed by atoms with Crippen molar-refractivity contribution in [2.45, 2.75) is 19.1 Å². The number of rotatable bonds is 6. The molecule has 2 heterocycles. The number of hydrogen-bond donors (Lipinski definition) is 4. The summed E-state index contributed by atoms with van der Waals surface area (Å²) >= 11 is 1.08. The van der Waals surface area contributed by atoms with E-state index in [2.05, 4.69) is 14.4 Å². The van der Waals surface area contributed by atoms with Crippen LogP contribution in [-0.2, 0) is 19.8 Å². The number of aliphatic hydroxyl groups excluding tert-OH is 1.